The van der Waals surface area contributed by atoms with Crippen molar-refractivity contribution in [2.45, 2.75) is 77.4 Å². The van der Waals surface area contributed by atoms with Crippen LogP contribution in [-0.4, -0.2) is 21.4 Å². The first-order chi connectivity index (χ1) is 10.8. The molecule has 1 aromatic rings. The zero-order chi connectivity index (χ0) is 17.5. The van der Waals surface area contributed by atoms with E-state index in [1.165, 1.54) is 5.56 Å². The Balaban J connectivity index is 0.000000253. The Morgan fingerprint density at radius 3 is 1.96 bits per heavy atom. The Hall–Kier alpha value is -1.14. The number of rotatable bonds is 4. The molecule has 1 fully saturated rings. The van der Waals surface area contributed by atoms with E-state index >= 15 is 0 Å². The summed E-state index contributed by atoms with van der Waals surface area (Å²) in [6, 6.07) is 5.79. The highest BCUT2D eigenvalue weighted by atomic mass is 17.1. The van der Waals surface area contributed by atoms with Gasteiger partial charge < -0.3 is 9.99 Å². The van der Waals surface area contributed by atoms with Crippen LogP contribution in [0.15, 0.2) is 18.2 Å². The van der Waals surface area contributed by atoms with Crippen LogP contribution >= 0.6 is 0 Å². The normalized spacial score (nSPS) is 16.9. The number of benzene rings is 1. The van der Waals surface area contributed by atoms with Gasteiger partial charge >= 0.3 is 0 Å². The van der Waals surface area contributed by atoms with Crippen molar-refractivity contribution in [2.24, 2.45) is 0 Å². The summed E-state index contributed by atoms with van der Waals surface area (Å²) in [5.74, 6) is 0.155. The van der Waals surface area contributed by atoms with Gasteiger partial charge in [-0.1, -0.05) is 46.2 Å². The molecule has 0 spiro atoms. The smallest absolute Gasteiger partial charge is 0.198 e. The summed E-state index contributed by atoms with van der Waals surface area (Å²) in [6.45, 7) is 8.48. The summed E-state index contributed by atoms with van der Waals surface area (Å²) >= 11 is 0. The zero-order valence-corrected chi connectivity index (χ0v) is 14.6. The molecule has 0 aromatic heterocycles. The first kappa shape index (κ1) is 19.9. The largest absolute Gasteiger partial charge is 0.363 e. The van der Waals surface area contributed by atoms with Crippen molar-refractivity contribution in [3.8, 4) is 5.75 Å². The molecule has 3 N–H and O–H groups in total. The predicted molar refractivity (Wildman–Crippen MR) is 89.6 cm³/mol. The van der Waals surface area contributed by atoms with Crippen molar-refractivity contribution in [3.63, 3.8) is 0 Å². The van der Waals surface area contributed by atoms with Crippen LogP contribution in [0.3, 0.4) is 0 Å². The average Bonchev–Trinajstić information content (AvgIpc) is 2.55. The highest BCUT2D eigenvalue weighted by Gasteiger charge is 2.30. The van der Waals surface area contributed by atoms with Crippen LogP contribution in [0.2, 0.25) is 0 Å². The van der Waals surface area contributed by atoms with Crippen LogP contribution in [0.5, 0.6) is 5.75 Å². The van der Waals surface area contributed by atoms with Gasteiger partial charge in [0.25, 0.3) is 0 Å². The number of hydrogen-bond acceptors (Lipinski definition) is 5. The molecule has 0 atom stereocenters. The summed E-state index contributed by atoms with van der Waals surface area (Å²) < 4.78 is 0. The third kappa shape index (κ3) is 5.77. The van der Waals surface area contributed by atoms with Gasteiger partial charge in [0.1, 0.15) is 0 Å². The van der Waals surface area contributed by atoms with Crippen molar-refractivity contribution >= 4 is 0 Å². The molecule has 132 valence electrons. The predicted octanol–water partition coefficient (Wildman–Crippen LogP) is 4.91. The van der Waals surface area contributed by atoms with Gasteiger partial charge in [0, 0.05) is 18.4 Å². The fraction of sp³-hybridized carbons (Fsp3) is 0.667. The molecule has 0 radical (unpaired) electrons. The summed E-state index contributed by atoms with van der Waals surface area (Å²) in [5, 5.41) is 26.2. The van der Waals surface area contributed by atoms with Crippen LogP contribution in [0.1, 0.15) is 82.8 Å². The van der Waals surface area contributed by atoms with E-state index in [2.05, 4.69) is 43.5 Å². The molecular weight excluding hydrogens is 296 g/mol. The van der Waals surface area contributed by atoms with Crippen LogP contribution in [0.25, 0.3) is 0 Å². The Morgan fingerprint density at radius 1 is 0.957 bits per heavy atom. The second-order valence-electron chi connectivity index (χ2n) is 6.76. The molecule has 0 bridgehead atoms. The van der Waals surface area contributed by atoms with Crippen molar-refractivity contribution < 1.29 is 25.4 Å². The van der Waals surface area contributed by atoms with E-state index in [0.29, 0.717) is 30.4 Å². The second kappa shape index (κ2) is 9.23. The molecule has 0 amide bonds. The minimum Gasteiger partial charge on any atom is -0.363 e. The molecule has 0 unspecified atom stereocenters. The van der Waals surface area contributed by atoms with Gasteiger partial charge in [-0.25, -0.2) is 15.4 Å². The van der Waals surface area contributed by atoms with Crippen LogP contribution in [0.4, 0.5) is 0 Å². The van der Waals surface area contributed by atoms with Crippen molar-refractivity contribution in [3.05, 3.63) is 29.3 Å². The molecule has 0 heterocycles. The van der Waals surface area contributed by atoms with E-state index in [4.69, 9.17) is 10.5 Å². The summed E-state index contributed by atoms with van der Waals surface area (Å²) in [6.07, 6.45) is 4.13. The lowest BCUT2D eigenvalue weighted by Gasteiger charge is -2.27. The summed E-state index contributed by atoms with van der Waals surface area (Å²) in [4.78, 5) is 8.33. The molecule has 1 aliphatic rings. The molecule has 23 heavy (non-hydrogen) atoms. The topological polar surface area (TPSA) is 79.2 Å². The van der Waals surface area contributed by atoms with Gasteiger partial charge in [-0.3, -0.25) is 0 Å². The van der Waals surface area contributed by atoms with Gasteiger partial charge in [-0.15, -0.1) is 0 Å². The first-order valence-corrected chi connectivity index (χ1v) is 8.33. The van der Waals surface area contributed by atoms with Gasteiger partial charge in [-0.05, 0) is 36.3 Å². The fourth-order valence-electron chi connectivity index (χ4n) is 2.96. The van der Waals surface area contributed by atoms with Crippen LogP contribution in [0, 0.1) is 0 Å². The van der Waals surface area contributed by atoms with Crippen LogP contribution in [-0.2, 0) is 4.89 Å². The number of hydrogen-bond donors (Lipinski definition) is 3. The molecule has 1 saturated carbocycles. The van der Waals surface area contributed by atoms with Crippen molar-refractivity contribution in [1.82, 2.24) is 0 Å². The van der Waals surface area contributed by atoms with Crippen molar-refractivity contribution in [1.29, 1.82) is 0 Å². The number of aliphatic hydroxyl groups is 1. The molecule has 2 rings (SSSR count). The standard InChI is InChI=1S/C12H18O2.C6H12O3/c1-8(2)10-6-5-7-11(14-13)12(10)9(3)4;7-6(9-8)4-2-1-3-5-6/h5-9,13H,1-4H3;7-8H,1-5H2. The molecule has 5 heteroatoms. The van der Waals surface area contributed by atoms with E-state index in [0.717, 1.165) is 24.8 Å². The fourth-order valence-corrected chi connectivity index (χ4v) is 2.96. The maximum atomic E-state index is 9.21. The monoisotopic (exact) mass is 326 g/mol. The SMILES string of the molecule is CC(C)c1cccc(OO)c1C(C)C.OOC1(O)CCCCC1. The molecule has 5 nitrogen and oxygen atoms in total. The van der Waals surface area contributed by atoms with Gasteiger partial charge in [0.15, 0.2) is 11.5 Å². The van der Waals surface area contributed by atoms with E-state index in [1.807, 2.05) is 6.07 Å². The van der Waals surface area contributed by atoms with Gasteiger partial charge in [0.2, 0.25) is 0 Å². The Kier molecular flexibility index (Phi) is 7.99. The maximum Gasteiger partial charge on any atom is 0.198 e. The minimum atomic E-state index is -1.22. The molecular formula is C18H30O5. The van der Waals surface area contributed by atoms with Gasteiger partial charge in [-0.2, -0.15) is 0 Å². The highest BCUT2D eigenvalue weighted by molar-refractivity contribution is 5.43. The third-order valence-corrected chi connectivity index (χ3v) is 4.20. The lowest BCUT2D eigenvalue weighted by Crippen LogP contribution is -2.33. The minimum absolute atomic E-state index is 0.357. The molecule has 1 aromatic carbocycles. The van der Waals surface area contributed by atoms with Gasteiger partial charge in [0.05, 0.1) is 0 Å². The van der Waals surface area contributed by atoms with E-state index in [9.17, 15) is 5.11 Å². The third-order valence-electron chi connectivity index (χ3n) is 4.20. The van der Waals surface area contributed by atoms with Crippen molar-refractivity contribution in [2.75, 3.05) is 0 Å². The second-order valence-corrected chi connectivity index (χ2v) is 6.76. The molecule has 0 saturated heterocycles. The average molecular weight is 326 g/mol. The van der Waals surface area contributed by atoms with E-state index < -0.39 is 5.79 Å². The highest BCUT2D eigenvalue weighted by Crippen LogP contribution is 2.33. The quantitative estimate of drug-likeness (QED) is 0.416. The van der Waals surface area contributed by atoms with E-state index in [-0.39, 0.29) is 0 Å². The van der Waals surface area contributed by atoms with Crippen LogP contribution < -0.4 is 4.89 Å². The Labute approximate surface area is 138 Å². The molecule has 0 aliphatic heterocycles. The molecule has 1 aliphatic carbocycles. The summed E-state index contributed by atoms with van der Waals surface area (Å²) in [7, 11) is 0. The maximum absolute atomic E-state index is 9.21. The zero-order valence-electron chi connectivity index (χ0n) is 14.6. The first-order valence-electron chi connectivity index (χ1n) is 8.33. The van der Waals surface area contributed by atoms with E-state index in [1.54, 1.807) is 6.07 Å². The summed E-state index contributed by atoms with van der Waals surface area (Å²) in [5.41, 5.74) is 2.34. The Morgan fingerprint density at radius 2 is 1.57 bits per heavy atom. The Bertz CT molecular complexity index is 464. The lowest BCUT2D eigenvalue weighted by molar-refractivity contribution is -0.399. The lowest BCUT2D eigenvalue weighted by atomic mass is 9.90.